The van der Waals surface area contributed by atoms with E-state index in [9.17, 15) is 4.79 Å². The number of hydrogen-bond acceptors (Lipinski definition) is 5. The SMILES string of the molecule is O=C(O)C=CCNCCNCCNCCCO. The van der Waals surface area contributed by atoms with Crippen LogP contribution in [0.5, 0.6) is 0 Å². The zero-order chi connectivity index (χ0) is 12.8. The molecule has 0 spiro atoms. The van der Waals surface area contributed by atoms with Crippen LogP contribution in [-0.2, 0) is 4.79 Å². The summed E-state index contributed by atoms with van der Waals surface area (Å²) in [5.41, 5.74) is 0. The second kappa shape index (κ2) is 13.1. The van der Waals surface area contributed by atoms with Crippen LogP contribution >= 0.6 is 0 Å². The van der Waals surface area contributed by atoms with Crippen LogP contribution in [0.25, 0.3) is 0 Å². The molecule has 0 radical (unpaired) electrons. The van der Waals surface area contributed by atoms with Crippen LogP contribution in [-0.4, -0.2) is 62.1 Å². The highest BCUT2D eigenvalue weighted by atomic mass is 16.4. The molecule has 6 heteroatoms. The minimum Gasteiger partial charge on any atom is -0.478 e. The van der Waals surface area contributed by atoms with E-state index in [-0.39, 0.29) is 6.61 Å². The van der Waals surface area contributed by atoms with Crippen molar-refractivity contribution in [2.75, 3.05) is 45.9 Å². The predicted molar refractivity (Wildman–Crippen MR) is 67.1 cm³/mol. The smallest absolute Gasteiger partial charge is 0.328 e. The quantitative estimate of drug-likeness (QED) is 0.219. The van der Waals surface area contributed by atoms with E-state index in [1.807, 2.05) is 0 Å². The molecule has 0 heterocycles. The van der Waals surface area contributed by atoms with Crippen LogP contribution in [0.4, 0.5) is 0 Å². The molecule has 0 bridgehead atoms. The van der Waals surface area contributed by atoms with Crippen molar-refractivity contribution in [2.45, 2.75) is 6.42 Å². The second-order valence-corrected chi connectivity index (χ2v) is 3.52. The van der Waals surface area contributed by atoms with Crippen molar-refractivity contribution in [3.05, 3.63) is 12.2 Å². The van der Waals surface area contributed by atoms with Gasteiger partial charge in [0.15, 0.2) is 0 Å². The number of carboxylic acids is 1. The number of aliphatic hydroxyl groups excluding tert-OH is 1. The second-order valence-electron chi connectivity index (χ2n) is 3.52. The summed E-state index contributed by atoms with van der Waals surface area (Å²) >= 11 is 0. The summed E-state index contributed by atoms with van der Waals surface area (Å²) in [6.45, 7) is 5.08. The molecule has 0 aliphatic heterocycles. The fourth-order valence-corrected chi connectivity index (χ4v) is 1.15. The van der Waals surface area contributed by atoms with Crippen LogP contribution in [0.1, 0.15) is 6.42 Å². The van der Waals surface area contributed by atoms with Gasteiger partial charge < -0.3 is 26.2 Å². The molecule has 0 rings (SSSR count). The maximum atomic E-state index is 10.1. The molecule has 0 aromatic carbocycles. The standard InChI is InChI=1S/C11H23N3O3/c15-10-2-5-13-7-9-14-8-6-12-4-1-3-11(16)17/h1,3,12-15H,2,4-10H2,(H,16,17). The molecule has 17 heavy (non-hydrogen) atoms. The van der Waals surface area contributed by atoms with Crippen molar-refractivity contribution in [2.24, 2.45) is 0 Å². The molecule has 0 aromatic heterocycles. The molecule has 0 aliphatic carbocycles. The average Bonchev–Trinajstić information content (AvgIpc) is 2.30. The van der Waals surface area contributed by atoms with Gasteiger partial charge >= 0.3 is 5.97 Å². The summed E-state index contributed by atoms with van der Waals surface area (Å²) in [7, 11) is 0. The van der Waals surface area contributed by atoms with E-state index in [2.05, 4.69) is 16.0 Å². The third kappa shape index (κ3) is 15.1. The lowest BCUT2D eigenvalue weighted by Crippen LogP contribution is -2.33. The van der Waals surface area contributed by atoms with Crippen LogP contribution in [0.15, 0.2) is 12.2 Å². The van der Waals surface area contributed by atoms with Gasteiger partial charge in [-0.3, -0.25) is 0 Å². The monoisotopic (exact) mass is 245 g/mol. The fraction of sp³-hybridized carbons (Fsp3) is 0.727. The predicted octanol–water partition coefficient (Wildman–Crippen LogP) is -1.22. The summed E-state index contributed by atoms with van der Waals surface area (Å²) in [6.07, 6.45) is 3.50. The highest BCUT2D eigenvalue weighted by Crippen LogP contribution is 1.71. The lowest BCUT2D eigenvalue weighted by molar-refractivity contribution is -0.131. The number of hydrogen-bond donors (Lipinski definition) is 5. The Morgan fingerprint density at radius 1 is 1.00 bits per heavy atom. The normalized spacial score (nSPS) is 11.1. The molecule has 0 aromatic rings. The van der Waals surface area contributed by atoms with Gasteiger partial charge in [0.1, 0.15) is 0 Å². The lowest BCUT2D eigenvalue weighted by Gasteiger charge is -2.06. The third-order valence-electron chi connectivity index (χ3n) is 1.99. The van der Waals surface area contributed by atoms with Crippen molar-refractivity contribution >= 4 is 5.97 Å². The number of nitrogens with one attached hydrogen (secondary N) is 3. The summed E-state index contributed by atoms with van der Waals surface area (Å²) in [6, 6.07) is 0. The van der Waals surface area contributed by atoms with Gasteiger partial charge in [-0.2, -0.15) is 0 Å². The van der Waals surface area contributed by atoms with Gasteiger partial charge in [0, 0.05) is 45.4 Å². The molecule has 0 aliphatic rings. The molecule has 0 saturated carbocycles. The highest BCUT2D eigenvalue weighted by molar-refractivity contribution is 5.79. The van der Waals surface area contributed by atoms with Crippen molar-refractivity contribution < 1.29 is 15.0 Å². The number of rotatable bonds is 12. The van der Waals surface area contributed by atoms with E-state index in [1.165, 1.54) is 0 Å². The maximum Gasteiger partial charge on any atom is 0.328 e. The first-order chi connectivity index (χ1) is 8.27. The first-order valence-corrected chi connectivity index (χ1v) is 5.90. The molecule has 0 amide bonds. The van der Waals surface area contributed by atoms with Crippen molar-refractivity contribution in [1.82, 2.24) is 16.0 Å². The topological polar surface area (TPSA) is 93.6 Å². The Hall–Kier alpha value is -0.950. The first-order valence-electron chi connectivity index (χ1n) is 5.90. The van der Waals surface area contributed by atoms with Gasteiger partial charge in [-0.25, -0.2) is 4.79 Å². The van der Waals surface area contributed by atoms with E-state index in [1.54, 1.807) is 6.08 Å². The van der Waals surface area contributed by atoms with Crippen LogP contribution in [0, 0.1) is 0 Å². The Morgan fingerprint density at radius 2 is 1.59 bits per heavy atom. The van der Waals surface area contributed by atoms with E-state index >= 15 is 0 Å². The largest absolute Gasteiger partial charge is 0.478 e. The van der Waals surface area contributed by atoms with Crippen molar-refractivity contribution in [3.8, 4) is 0 Å². The molecule has 0 saturated heterocycles. The lowest BCUT2D eigenvalue weighted by atomic mass is 10.4. The van der Waals surface area contributed by atoms with E-state index in [0.29, 0.717) is 6.54 Å². The third-order valence-corrected chi connectivity index (χ3v) is 1.99. The summed E-state index contributed by atoms with van der Waals surface area (Å²) in [4.78, 5) is 10.1. The van der Waals surface area contributed by atoms with Gasteiger partial charge in [0.05, 0.1) is 0 Å². The number of aliphatic carboxylic acids is 1. The molecule has 100 valence electrons. The molecule has 0 fully saturated rings. The number of aliphatic hydroxyl groups is 1. The van der Waals surface area contributed by atoms with Crippen LogP contribution in [0.2, 0.25) is 0 Å². The Labute approximate surface area is 102 Å². The Bertz CT molecular complexity index is 210. The zero-order valence-electron chi connectivity index (χ0n) is 10.1. The molecular formula is C11H23N3O3. The van der Waals surface area contributed by atoms with E-state index in [4.69, 9.17) is 10.2 Å². The van der Waals surface area contributed by atoms with E-state index in [0.717, 1.165) is 45.2 Å². The minimum absolute atomic E-state index is 0.230. The Morgan fingerprint density at radius 3 is 2.18 bits per heavy atom. The van der Waals surface area contributed by atoms with Crippen LogP contribution in [0.3, 0.4) is 0 Å². The van der Waals surface area contributed by atoms with Gasteiger partial charge in [0.25, 0.3) is 0 Å². The van der Waals surface area contributed by atoms with Gasteiger partial charge in [0.2, 0.25) is 0 Å². The Kier molecular flexibility index (Phi) is 12.4. The summed E-state index contributed by atoms with van der Waals surface area (Å²) in [5.74, 6) is -0.918. The molecule has 5 N–H and O–H groups in total. The molecular weight excluding hydrogens is 222 g/mol. The fourth-order valence-electron chi connectivity index (χ4n) is 1.15. The summed E-state index contributed by atoms with van der Waals surface area (Å²) in [5, 5.41) is 26.4. The minimum atomic E-state index is -0.918. The number of carboxylic acid groups (broad SMARTS) is 1. The van der Waals surface area contributed by atoms with Crippen molar-refractivity contribution in [1.29, 1.82) is 0 Å². The van der Waals surface area contributed by atoms with Gasteiger partial charge in [-0.05, 0) is 13.0 Å². The summed E-state index contributed by atoms with van der Waals surface area (Å²) < 4.78 is 0. The van der Waals surface area contributed by atoms with E-state index < -0.39 is 5.97 Å². The van der Waals surface area contributed by atoms with Gasteiger partial charge in [-0.15, -0.1) is 0 Å². The molecule has 6 nitrogen and oxygen atoms in total. The van der Waals surface area contributed by atoms with Gasteiger partial charge in [-0.1, -0.05) is 6.08 Å². The molecule has 0 atom stereocenters. The maximum absolute atomic E-state index is 10.1. The zero-order valence-corrected chi connectivity index (χ0v) is 10.1. The number of carbonyl (C=O) groups is 1. The van der Waals surface area contributed by atoms with Crippen molar-refractivity contribution in [3.63, 3.8) is 0 Å². The first kappa shape index (κ1) is 16.1. The molecule has 0 unspecified atom stereocenters. The highest BCUT2D eigenvalue weighted by Gasteiger charge is 1.89. The Balaban J connectivity index is 3.01. The van der Waals surface area contributed by atoms with Crippen LogP contribution < -0.4 is 16.0 Å². The average molecular weight is 245 g/mol.